The molecule has 1 saturated heterocycles. The van der Waals surface area contributed by atoms with Crippen molar-refractivity contribution in [3.63, 3.8) is 0 Å². The van der Waals surface area contributed by atoms with Gasteiger partial charge in [-0.25, -0.2) is 0 Å². The highest BCUT2D eigenvalue weighted by Crippen LogP contribution is 2.18. The van der Waals surface area contributed by atoms with Crippen LogP contribution in [0.15, 0.2) is 0 Å². The van der Waals surface area contributed by atoms with Gasteiger partial charge in [0, 0.05) is 32.0 Å². The lowest BCUT2D eigenvalue weighted by molar-refractivity contribution is -0.125. The van der Waals surface area contributed by atoms with Gasteiger partial charge in [0.15, 0.2) is 0 Å². The topological polar surface area (TPSA) is 99.3 Å². The molecule has 130 valence electrons. The van der Waals surface area contributed by atoms with Gasteiger partial charge in [-0.3, -0.25) is 19.7 Å². The standard InChI is InChI=1S/C15H26N4O3S/c1-16-12(20)7-11-8-13(21)19-15(18-11)23-9-14(22)17-10-5-3-2-4-6-10/h10-11,15,18H,2-9H2,1H3,(H,16,20)(H,17,22)(H,19,21). The predicted molar refractivity (Wildman–Crippen MR) is 89.6 cm³/mol. The molecule has 4 N–H and O–H groups in total. The van der Waals surface area contributed by atoms with Crippen molar-refractivity contribution in [2.45, 2.75) is 62.5 Å². The summed E-state index contributed by atoms with van der Waals surface area (Å²) in [6, 6.07) is 0.106. The molecule has 1 saturated carbocycles. The third-order valence-corrected chi connectivity index (χ3v) is 5.19. The molecule has 0 bridgehead atoms. The minimum atomic E-state index is -0.331. The Labute approximate surface area is 141 Å². The Bertz CT molecular complexity index is 440. The first-order chi connectivity index (χ1) is 11.1. The zero-order valence-electron chi connectivity index (χ0n) is 13.5. The minimum Gasteiger partial charge on any atom is -0.359 e. The molecule has 23 heavy (non-hydrogen) atoms. The van der Waals surface area contributed by atoms with Crippen molar-refractivity contribution >= 4 is 29.5 Å². The Morgan fingerprint density at radius 2 is 1.96 bits per heavy atom. The summed E-state index contributed by atoms with van der Waals surface area (Å²) in [5, 5.41) is 11.6. The van der Waals surface area contributed by atoms with Crippen molar-refractivity contribution in [2.75, 3.05) is 12.8 Å². The summed E-state index contributed by atoms with van der Waals surface area (Å²) in [5.74, 6) is 0.103. The summed E-state index contributed by atoms with van der Waals surface area (Å²) in [4.78, 5) is 35.2. The molecular formula is C15H26N4O3S. The van der Waals surface area contributed by atoms with Gasteiger partial charge in [0.05, 0.1) is 5.75 Å². The maximum atomic E-state index is 12.0. The van der Waals surface area contributed by atoms with E-state index in [1.54, 1.807) is 7.05 Å². The van der Waals surface area contributed by atoms with Crippen LogP contribution in [0.25, 0.3) is 0 Å². The van der Waals surface area contributed by atoms with E-state index in [4.69, 9.17) is 0 Å². The molecule has 2 fully saturated rings. The summed E-state index contributed by atoms with van der Waals surface area (Å²) < 4.78 is 0. The number of rotatable bonds is 6. The van der Waals surface area contributed by atoms with Crippen LogP contribution in [0.5, 0.6) is 0 Å². The third-order valence-electron chi connectivity index (χ3n) is 4.17. The van der Waals surface area contributed by atoms with E-state index in [-0.39, 0.29) is 42.1 Å². The second-order valence-corrected chi connectivity index (χ2v) is 7.20. The fourth-order valence-electron chi connectivity index (χ4n) is 2.97. The number of hydrogen-bond acceptors (Lipinski definition) is 5. The van der Waals surface area contributed by atoms with E-state index in [1.165, 1.54) is 31.0 Å². The quantitative estimate of drug-likeness (QED) is 0.547. The van der Waals surface area contributed by atoms with Gasteiger partial charge in [0.25, 0.3) is 0 Å². The average Bonchev–Trinajstić information content (AvgIpc) is 2.53. The van der Waals surface area contributed by atoms with Crippen LogP contribution < -0.4 is 21.3 Å². The summed E-state index contributed by atoms with van der Waals surface area (Å²) >= 11 is 1.35. The third kappa shape index (κ3) is 6.39. The van der Waals surface area contributed by atoms with E-state index in [0.717, 1.165) is 12.8 Å². The second-order valence-electron chi connectivity index (χ2n) is 6.11. The molecule has 7 nitrogen and oxygen atoms in total. The highest BCUT2D eigenvalue weighted by Gasteiger charge is 2.28. The first-order valence-corrected chi connectivity index (χ1v) is 9.28. The van der Waals surface area contributed by atoms with Crippen molar-refractivity contribution in [1.29, 1.82) is 0 Å². The van der Waals surface area contributed by atoms with Crippen LogP contribution >= 0.6 is 11.8 Å². The zero-order chi connectivity index (χ0) is 16.7. The minimum absolute atomic E-state index is 0.00590. The number of carbonyl (C=O) groups is 3. The molecule has 2 rings (SSSR count). The summed E-state index contributed by atoms with van der Waals surface area (Å²) in [5.41, 5.74) is -0.331. The first-order valence-electron chi connectivity index (χ1n) is 8.24. The van der Waals surface area contributed by atoms with Crippen molar-refractivity contribution in [3.8, 4) is 0 Å². The molecule has 1 heterocycles. The molecule has 2 aliphatic rings. The van der Waals surface area contributed by atoms with Gasteiger partial charge in [0.1, 0.15) is 5.50 Å². The van der Waals surface area contributed by atoms with Gasteiger partial charge in [-0.2, -0.15) is 0 Å². The number of hydrogen-bond donors (Lipinski definition) is 4. The van der Waals surface area contributed by atoms with Crippen LogP contribution in [0, 0.1) is 0 Å². The largest absolute Gasteiger partial charge is 0.359 e. The SMILES string of the molecule is CNC(=O)CC1CC(=O)NC(SCC(=O)NC2CCCCC2)N1. The molecule has 0 spiro atoms. The maximum Gasteiger partial charge on any atom is 0.230 e. The van der Waals surface area contributed by atoms with Crippen LogP contribution in [-0.2, 0) is 14.4 Å². The highest BCUT2D eigenvalue weighted by atomic mass is 32.2. The van der Waals surface area contributed by atoms with E-state index in [1.807, 2.05) is 0 Å². The summed E-state index contributed by atoms with van der Waals surface area (Å²) in [6.45, 7) is 0. The van der Waals surface area contributed by atoms with E-state index in [0.29, 0.717) is 11.8 Å². The van der Waals surface area contributed by atoms with Crippen molar-refractivity contribution < 1.29 is 14.4 Å². The number of amides is 3. The number of thioether (sulfide) groups is 1. The predicted octanol–water partition coefficient (Wildman–Crippen LogP) is 0.0663. The molecule has 1 aliphatic carbocycles. The Kier molecular flexibility index (Phi) is 7.16. The van der Waals surface area contributed by atoms with Crippen LogP contribution in [0.4, 0.5) is 0 Å². The Balaban J connectivity index is 1.71. The molecule has 8 heteroatoms. The van der Waals surface area contributed by atoms with Gasteiger partial charge >= 0.3 is 0 Å². The molecule has 0 aromatic heterocycles. The number of nitrogens with one attached hydrogen (secondary N) is 4. The Morgan fingerprint density at radius 1 is 1.22 bits per heavy atom. The average molecular weight is 342 g/mol. The fraction of sp³-hybridized carbons (Fsp3) is 0.800. The lowest BCUT2D eigenvalue weighted by Crippen LogP contribution is -2.56. The maximum absolute atomic E-state index is 12.0. The molecule has 3 amide bonds. The second kappa shape index (κ2) is 9.12. The summed E-state index contributed by atoms with van der Waals surface area (Å²) in [7, 11) is 1.58. The van der Waals surface area contributed by atoms with Crippen LogP contribution in [-0.4, -0.2) is 48.1 Å². The van der Waals surface area contributed by atoms with E-state index in [2.05, 4.69) is 21.3 Å². The molecule has 0 aromatic carbocycles. The Hall–Kier alpha value is -1.28. The van der Waals surface area contributed by atoms with Gasteiger partial charge in [-0.1, -0.05) is 19.3 Å². The normalized spacial score (nSPS) is 25.5. The highest BCUT2D eigenvalue weighted by molar-refractivity contribution is 8.00. The number of carbonyl (C=O) groups excluding carboxylic acids is 3. The van der Waals surface area contributed by atoms with Crippen LogP contribution in [0.3, 0.4) is 0 Å². The summed E-state index contributed by atoms with van der Waals surface area (Å²) in [6.07, 6.45) is 6.27. The van der Waals surface area contributed by atoms with Crippen molar-refractivity contribution in [3.05, 3.63) is 0 Å². The monoisotopic (exact) mass is 342 g/mol. The first kappa shape index (κ1) is 18.1. The van der Waals surface area contributed by atoms with Crippen LogP contribution in [0.1, 0.15) is 44.9 Å². The fourth-order valence-corrected chi connectivity index (χ4v) is 3.87. The van der Waals surface area contributed by atoms with E-state index >= 15 is 0 Å². The molecule has 2 atom stereocenters. The smallest absolute Gasteiger partial charge is 0.230 e. The zero-order valence-corrected chi connectivity index (χ0v) is 14.3. The molecule has 1 aliphatic heterocycles. The van der Waals surface area contributed by atoms with Crippen LogP contribution in [0.2, 0.25) is 0 Å². The molecule has 0 aromatic rings. The van der Waals surface area contributed by atoms with Crippen molar-refractivity contribution in [1.82, 2.24) is 21.3 Å². The van der Waals surface area contributed by atoms with Gasteiger partial charge in [0.2, 0.25) is 17.7 Å². The van der Waals surface area contributed by atoms with E-state index in [9.17, 15) is 14.4 Å². The van der Waals surface area contributed by atoms with E-state index < -0.39 is 0 Å². The van der Waals surface area contributed by atoms with Gasteiger partial charge < -0.3 is 16.0 Å². The lowest BCUT2D eigenvalue weighted by atomic mass is 9.95. The molecular weight excluding hydrogens is 316 g/mol. The van der Waals surface area contributed by atoms with Gasteiger partial charge in [-0.15, -0.1) is 11.8 Å². The molecule has 2 unspecified atom stereocenters. The molecule has 0 radical (unpaired) electrons. The Morgan fingerprint density at radius 3 is 2.65 bits per heavy atom. The van der Waals surface area contributed by atoms with Crippen molar-refractivity contribution in [2.24, 2.45) is 0 Å². The van der Waals surface area contributed by atoms with Gasteiger partial charge in [-0.05, 0) is 12.8 Å². The lowest BCUT2D eigenvalue weighted by Gasteiger charge is -2.31.